The Morgan fingerprint density at radius 1 is 1.06 bits per heavy atom. The Morgan fingerprint density at radius 3 is 2.26 bits per heavy atom. The Morgan fingerprint density at radius 2 is 1.71 bits per heavy atom. The maximum atomic E-state index is 13.1. The van der Waals surface area contributed by atoms with Crippen molar-refractivity contribution in [3.63, 3.8) is 0 Å². The minimum Gasteiger partial charge on any atom is -0.497 e. The number of amides is 2. The van der Waals surface area contributed by atoms with Crippen molar-refractivity contribution < 1.29 is 22.7 Å². The predicted molar refractivity (Wildman–Crippen MR) is 135 cm³/mol. The molecule has 0 aliphatic rings. The van der Waals surface area contributed by atoms with Crippen LogP contribution in [0.15, 0.2) is 65.0 Å². The lowest BCUT2D eigenvalue weighted by Gasteiger charge is -2.21. The third kappa shape index (κ3) is 7.61. The molecule has 1 atom stereocenters. The fraction of sp³-hybridized carbons (Fsp3) is 0.292. The third-order valence-electron chi connectivity index (χ3n) is 4.72. The largest absolute Gasteiger partial charge is 0.497 e. The number of hydrogen-bond donors (Lipinski definition) is 3. The molecular weight excluding hydrogens is 488 g/mol. The average molecular weight is 517 g/mol. The van der Waals surface area contributed by atoms with Gasteiger partial charge < -0.3 is 15.4 Å². The number of nitrogens with one attached hydrogen (secondary N) is 3. The summed E-state index contributed by atoms with van der Waals surface area (Å²) in [5, 5.41) is 7.42. The Labute approximate surface area is 209 Å². The van der Waals surface area contributed by atoms with Crippen LogP contribution in [-0.2, 0) is 21.2 Å². The number of rotatable bonds is 9. The van der Waals surface area contributed by atoms with Crippen LogP contribution >= 0.6 is 11.3 Å². The van der Waals surface area contributed by atoms with Gasteiger partial charge in [0.05, 0.1) is 12.0 Å². The highest BCUT2D eigenvalue weighted by molar-refractivity contribution is 7.89. The Bertz CT molecular complexity index is 1250. The van der Waals surface area contributed by atoms with Crippen molar-refractivity contribution in [3.05, 3.63) is 70.7 Å². The lowest BCUT2D eigenvalue weighted by molar-refractivity contribution is -0.118. The highest BCUT2D eigenvalue weighted by atomic mass is 32.2. The summed E-state index contributed by atoms with van der Waals surface area (Å²) in [6, 6.07) is 12.1. The quantitative estimate of drug-likeness (QED) is 0.401. The number of aromatic nitrogens is 1. The van der Waals surface area contributed by atoms with Crippen molar-refractivity contribution in [2.75, 3.05) is 12.4 Å². The minimum absolute atomic E-state index is 0.0808. The molecule has 0 spiro atoms. The zero-order chi connectivity index (χ0) is 25.6. The molecule has 2 aromatic carbocycles. The summed E-state index contributed by atoms with van der Waals surface area (Å²) in [5.41, 5.74) is 0.587. The molecule has 2 amide bonds. The number of benzene rings is 2. The molecule has 3 N–H and O–H groups in total. The lowest BCUT2D eigenvalue weighted by Crippen LogP contribution is -2.45. The molecular formula is C24H28N4O5S2. The molecule has 0 saturated carbocycles. The molecule has 0 saturated heterocycles. The van der Waals surface area contributed by atoms with E-state index in [4.69, 9.17) is 4.74 Å². The zero-order valence-electron chi connectivity index (χ0n) is 19.9. The summed E-state index contributed by atoms with van der Waals surface area (Å²) >= 11 is 1.17. The summed E-state index contributed by atoms with van der Waals surface area (Å²) in [4.78, 5) is 29.8. The molecule has 9 nitrogen and oxygen atoms in total. The maximum absolute atomic E-state index is 13.1. The normalized spacial score (nSPS) is 12.6. The Hall–Kier alpha value is -3.28. The average Bonchev–Trinajstić information content (AvgIpc) is 3.33. The second kappa shape index (κ2) is 11.0. The first kappa shape index (κ1) is 26.3. The number of thiazole rings is 1. The van der Waals surface area contributed by atoms with E-state index in [2.05, 4.69) is 20.3 Å². The number of methoxy groups -OCH3 is 1. The van der Waals surface area contributed by atoms with E-state index in [1.807, 2.05) is 12.1 Å². The molecule has 1 aromatic heterocycles. The van der Waals surface area contributed by atoms with E-state index in [-0.39, 0.29) is 16.3 Å². The van der Waals surface area contributed by atoms with E-state index < -0.39 is 33.4 Å². The fourth-order valence-electron chi connectivity index (χ4n) is 3.17. The van der Waals surface area contributed by atoms with E-state index in [1.165, 1.54) is 41.8 Å². The van der Waals surface area contributed by atoms with E-state index in [0.717, 1.165) is 5.56 Å². The molecule has 0 fully saturated rings. The number of sulfonamides is 1. The van der Waals surface area contributed by atoms with Crippen LogP contribution in [0.1, 0.15) is 36.1 Å². The van der Waals surface area contributed by atoms with Gasteiger partial charge in [0.2, 0.25) is 15.9 Å². The number of carbonyl (C=O) groups excluding carboxylic acids is 2. The molecule has 186 valence electrons. The second-order valence-corrected chi connectivity index (χ2v) is 11.4. The minimum atomic E-state index is -3.70. The van der Waals surface area contributed by atoms with Gasteiger partial charge in [0, 0.05) is 29.2 Å². The van der Waals surface area contributed by atoms with Crippen LogP contribution in [0.4, 0.5) is 5.69 Å². The van der Waals surface area contributed by atoms with Crippen molar-refractivity contribution in [3.8, 4) is 5.75 Å². The van der Waals surface area contributed by atoms with Crippen molar-refractivity contribution in [2.24, 2.45) is 0 Å². The van der Waals surface area contributed by atoms with Crippen molar-refractivity contribution in [1.82, 2.24) is 15.0 Å². The SMILES string of the molecule is COc1ccc(C[C@H](NC(=O)c2nccs2)C(=O)Nc2ccc(S(=O)(=O)NC(C)(C)C)cc2)cc1. The van der Waals surface area contributed by atoms with Crippen molar-refractivity contribution in [2.45, 2.75) is 43.7 Å². The van der Waals surface area contributed by atoms with Gasteiger partial charge in [-0.3, -0.25) is 9.59 Å². The number of anilines is 1. The molecule has 11 heteroatoms. The molecule has 35 heavy (non-hydrogen) atoms. The van der Waals surface area contributed by atoms with Gasteiger partial charge in [0.1, 0.15) is 11.8 Å². The van der Waals surface area contributed by atoms with Crippen molar-refractivity contribution >= 4 is 38.9 Å². The summed E-state index contributed by atoms with van der Waals surface area (Å²) in [6.45, 7) is 5.26. The summed E-state index contributed by atoms with van der Waals surface area (Å²) in [5.74, 6) is -0.227. The first-order valence-electron chi connectivity index (χ1n) is 10.7. The van der Waals surface area contributed by atoms with Gasteiger partial charge in [-0.1, -0.05) is 12.1 Å². The van der Waals surface area contributed by atoms with Crippen LogP contribution in [0.5, 0.6) is 5.75 Å². The first-order chi connectivity index (χ1) is 16.5. The summed E-state index contributed by atoms with van der Waals surface area (Å²) in [6.07, 6.45) is 1.75. The summed E-state index contributed by atoms with van der Waals surface area (Å²) in [7, 11) is -2.14. The van der Waals surface area contributed by atoms with Gasteiger partial charge in [-0.15, -0.1) is 11.3 Å². The predicted octanol–water partition coefficient (Wildman–Crippen LogP) is 3.21. The van der Waals surface area contributed by atoms with Gasteiger partial charge in [-0.2, -0.15) is 0 Å². The Balaban J connectivity index is 1.76. The molecule has 0 aliphatic heterocycles. The van der Waals surface area contributed by atoms with Crippen LogP contribution in [0.3, 0.4) is 0 Å². The second-order valence-electron chi connectivity index (χ2n) is 8.78. The number of nitrogens with zero attached hydrogens (tertiary/aromatic N) is 1. The van der Waals surface area contributed by atoms with E-state index >= 15 is 0 Å². The monoisotopic (exact) mass is 516 g/mol. The van der Waals surface area contributed by atoms with E-state index in [0.29, 0.717) is 11.4 Å². The molecule has 3 rings (SSSR count). The molecule has 0 aliphatic carbocycles. The molecule has 0 bridgehead atoms. The highest BCUT2D eigenvalue weighted by Crippen LogP contribution is 2.18. The van der Waals surface area contributed by atoms with Crippen LogP contribution in [-0.4, -0.2) is 43.9 Å². The highest BCUT2D eigenvalue weighted by Gasteiger charge is 2.24. The topological polar surface area (TPSA) is 126 Å². The zero-order valence-corrected chi connectivity index (χ0v) is 21.5. The van der Waals surface area contributed by atoms with Gasteiger partial charge >= 0.3 is 0 Å². The standard InChI is InChI=1S/C24H28N4O5S2/c1-24(2,3)28-35(31,32)19-11-7-17(8-12-19)26-21(29)20(27-22(30)23-25-13-14-34-23)15-16-5-9-18(33-4)10-6-16/h5-14,20,28H,15H2,1-4H3,(H,26,29)(H,27,30)/t20-/m0/s1. The Kier molecular flexibility index (Phi) is 8.26. The number of carbonyl (C=O) groups is 2. The fourth-order valence-corrected chi connectivity index (χ4v) is 5.13. The van der Waals surface area contributed by atoms with Gasteiger partial charge in [-0.05, 0) is 62.7 Å². The molecule has 3 aromatic rings. The summed E-state index contributed by atoms with van der Waals surface area (Å²) < 4.78 is 32.8. The van der Waals surface area contributed by atoms with E-state index in [1.54, 1.807) is 45.4 Å². The molecule has 0 unspecified atom stereocenters. The van der Waals surface area contributed by atoms with Crippen LogP contribution in [0, 0.1) is 0 Å². The van der Waals surface area contributed by atoms with Gasteiger partial charge in [0.15, 0.2) is 5.01 Å². The smallest absolute Gasteiger partial charge is 0.280 e. The maximum Gasteiger partial charge on any atom is 0.280 e. The van der Waals surface area contributed by atoms with E-state index in [9.17, 15) is 18.0 Å². The lowest BCUT2D eigenvalue weighted by atomic mass is 10.0. The van der Waals surface area contributed by atoms with Crippen molar-refractivity contribution in [1.29, 1.82) is 0 Å². The number of hydrogen-bond acceptors (Lipinski definition) is 7. The van der Waals surface area contributed by atoms with Gasteiger partial charge in [0.25, 0.3) is 5.91 Å². The first-order valence-corrected chi connectivity index (χ1v) is 13.1. The third-order valence-corrected chi connectivity index (χ3v) is 7.27. The molecule has 0 radical (unpaired) electrons. The number of ether oxygens (including phenoxy) is 1. The molecule has 1 heterocycles. The van der Waals surface area contributed by atoms with Gasteiger partial charge in [-0.25, -0.2) is 18.1 Å². The van der Waals surface area contributed by atoms with Crippen LogP contribution < -0.4 is 20.1 Å². The van der Waals surface area contributed by atoms with Crippen LogP contribution in [0.2, 0.25) is 0 Å². The van der Waals surface area contributed by atoms with Crippen LogP contribution in [0.25, 0.3) is 0 Å².